The summed E-state index contributed by atoms with van der Waals surface area (Å²) >= 11 is 6.32. The van der Waals surface area contributed by atoms with Crippen LogP contribution in [-0.2, 0) is 0 Å². The average molecular weight is 282 g/mol. The number of rotatable bonds is 4. The van der Waals surface area contributed by atoms with Gasteiger partial charge in [-0.05, 0) is 49.0 Å². The summed E-state index contributed by atoms with van der Waals surface area (Å²) in [5.41, 5.74) is 1.29. The van der Waals surface area contributed by atoms with Crippen molar-refractivity contribution in [2.75, 3.05) is 26.3 Å². The number of hydrogen-bond donors (Lipinski definition) is 1. The Morgan fingerprint density at radius 2 is 2.16 bits per heavy atom. The van der Waals surface area contributed by atoms with Crippen LogP contribution in [0.4, 0.5) is 0 Å². The van der Waals surface area contributed by atoms with Crippen LogP contribution in [0.3, 0.4) is 0 Å². The van der Waals surface area contributed by atoms with Crippen LogP contribution in [0.1, 0.15) is 31.2 Å². The van der Waals surface area contributed by atoms with Gasteiger partial charge < -0.3 is 14.8 Å². The van der Waals surface area contributed by atoms with Crippen molar-refractivity contribution >= 4 is 11.6 Å². The third-order valence-corrected chi connectivity index (χ3v) is 4.11. The summed E-state index contributed by atoms with van der Waals surface area (Å²) in [6.45, 7) is 5.65. The Morgan fingerprint density at radius 1 is 1.32 bits per heavy atom. The quantitative estimate of drug-likeness (QED) is 0.919. The zero-order valence-electron chi connectivity index (χ0n) is 11.2. The molecule has 0 bridgehead atoms. The van der Waals surface area contributed by atoms with E-state index >= 15 is 0 Å². The van der Waals surface area contributed by atoms with Crippen LogP contribution in [0, 0.1) is 5.92 Å². The third-order valence-electron chi connectivity index (χ3n) is 3.83. The first-order valence-corrected chi connectivity index (χ1v) is 7.47. The summed E-state index contributed by atoms with van der Waals surface area (Å²) in [7, 11) is 0. The number of nitrogens with one attached hydrogen (secondary N) is 1. The fraction of sp³-hybridized carbons (Fsp3) is 0.600. The van der Waals surface area contributed by atoms with Crippen molar-refractivity contribution in [3.05, 3.63) is 22.7 Å². The highest BCUT2D eigenvalue weighted by molar-refractivity contribution is 6.32. The van der Waals surface area contributed by atoms with Gasteiger partial charge in [0.05, 0.1) is 18.2 Å². The van der Waals surface area contributed by atoms with Crippen molar-refractivity contribution < 1.29 is 9.47 Å². The summed E-state index contributed by atoms with van der Waals surface area (Å²) in [4.78, 5) is 0. The molecule has 2 aliphatic rings. The highest BCUT2D eigenvalue weighted by Crippen LogP contribution is 2.50. The first-order chi connectivity index (χ1) is 9.29. The zero-order chi connectivity index (χ0) is 13.2. The Labute approximate surface area is 119 Å². The molecule has 0 radical (unpaired) electrons. The number of fused-ring (bicyclic) bond motifs is 1. The van der Waals surface area contributed by atoms with Crippen molar-refractivity contribution in [2.24, 2.45) is 5.92 Å². The molecular weight excluding hydrogens is 262 g/mol. The Morgan fingerprint density at radius 3 is 3.00 bits per heavy atom. The van der Waals surface area contributed by atoms with Gasteiger partial charge in [0.2, 0.25) is 0 Å². The van der Waals surface area contributed by atoms with Gasteiger partial charge in [-0.3, -0.25) is 0 Å². The van der Waals surface area contributed by atoms with Crippen LogP contribution in [0.5, 0.6) is 11.5 Å². The summed E-state index contributed by atoms with van der Waals surface area (Å²) in [5, 5.41) is 4.09. The molecular formula is C15H20ClNO2. The van der Waals surface area contributed by atoms with Gasteiger partial charge in [0, 0.05) is 6.42 Å². The lowest BCUT2D eigenvalue weighted by Crippen LogP contribution is -2.16. The minimum atomic E-state index is 0.619. The molecule has 1 saturated carbocycles. The molecule has 3 rings (SSSR count). The van der Waals surface area contributed by atoms with Crippen molar-refractivity contribution in [3.8, 4) is 11.5 Å². The largest absolute Gasteiger partial charge is 0.489 e. The Hall–Kier alpha value is -0.930. The first-order valence-electron chi connectivity index (χ1n) is 7.09. The molecule has 1 N–H and O–H groups in total. The van der Waals surface area contributed by atoms with Crippen molar-refractivity contribution in [1.29, 1.82) is 0 Å². The molecule has 0 spiro atoms. The number of halogens is 1. The summed E-state index contributed by atoms with van der Waals surface area (Å²) in [6.07, 6.45) is 2.15. The van der Waals surface area contributed by atoms with E-state index in [1.54, 1.807) is 0 Å². The predicted molar refractivity (Wildman–Crippen MR) is 76.5 cm³/mol. The van der Waals surface area contributed by atoms with Crippen LogP contribution < -0.4 is 14.8 Å². The average Bonchev–Trinajstić information content (AvgIpc) is 3.19. The molecule has 1 fully saturated rings. The fourth-order valence-corrected chi connectivity index (χ4v) is 2.95. The number of ether oxygens (including phenoxy) is 2. The van der Waals surface area contributed by atoms with E-state index in [-0.39, 0.29) is 0 Å². The van der Waals surface area contributed by atoms with Crippen molar-refractivity contribution in [1.82, 2.24) is 5.32 Å². The van der Waals surface area contributed by atoms with E-state index in [0.29, 0.717) is 29.9 Å². The minimum Gasteiger partial charge on any atom is -0.489 e. The zero-order valence-corrected chi connectivity index (χ0v) is 12.0. The highest BCUT2D eigenvalue weighted by Gasteiger charge is 2.38. The molecule has 104 valence electrons. The number of hydrogen-bond acceptors (Lipinski definition) is 3. The first kappa shape index (κ1) is 13.1. The van der Waals surface area contributed by atoms with Crippen LogP contribution >= 0.6 is 11.6 Å². The van der Waals surface area contributed by atoms with Crippen LogP contribution in [-0.4, -0.2) is 26.3 Å². The van der Waals surface area contributed by atoms with E-state index < -0.39 is 0 Å². The second-order valence-corrected chi connectivity index (χ2v) is 5.70. The molecule has 19 heavy (non-hydrogen) atoms. The van der Waals surface area contributed by atoms with E-state index in [2.05, 4.69) is 18.3 Å². The molecule has 2 atom stereocenters. The van der Waals surface area contributed by atoms with Gasteiger partial charge in [-0.2, -0.15) is 0 Å². The smallest absolute Gasteiger partial charge is 0.179 e. The highest BCUT2D eigenvalue weighted by atomic mass is 35.5. The molecule has 0 amide bonds. The Kier molecular flexibility index (Phi) is 3.85. The van der Waals surface area contributed by atoms with E-state index in [0.717, 1.165) is 31.2 Å². The van der Waals surface area contributed by atoms with Gasteiger partial charge in [-0.15, -0.1) is 0 Å². The van der Waals surface area contributed by atoms with Gasteiger partial charge in [-0.25, -0.2) is 0 Å². The maximum absolute atomic E-state index is 6.32. The van der Waals surface area contributed by atoms with Gasteiger partial charge in [0.25, 0.3) is 0 Å². The topological polar surface area (TPSA) is 30.5 Å². The van der Waals surface area contributed by atoms with Gasteiger partial charge in [0.1, 0.15) is 0 Å². The van der Waals surface area contributed by atoms with Crippen LogP contribution in [0.2, 0.25) is 5.02 Å². The normalized spacial score (nSPS) is 24.9. The molecule has 3 nitrogen and oxygen atoms in total. The molecule has 1 aliphatic carbocycles. The predicted octanol–water partition coefficient (Wildman–Crippen LogP) is 3.21. The summed E-state index contributed by atoms with van der Waals surface area (Å²) in [6, 6.07) is 4.16. The maximum atomic E-state index is 6.32. The Balaban J connectivity index is 1.77. The Bertz CT molecular complexity index is 464. The SMILES string of the molecule is CCNCC1CC1c1cc(Cl)c2c(c1)OCCCO2. The summed E-state index contributed by atoms with van der Waals surface area (Å²) < 4.78 is 11.4. The lowest BCUT2D eigenvalue weighted by molar-refractivity contribution is 0.297. The molecule has 0 saturated heterocycles. The molecule has 1 aromatic rings. The number of benzene rings is 1. The summed E-state index contributed by atoms with van der Waals surface area (Å²) in [5.74, 6) is 2.88. The van der Waals surface area contributed by atoms with E-state index in [4.69, 9.17) is 21.1 Å². The molecule has 1 aromatic carbocycles. The van der Waals surface area contributed by atoms with Gasteiger partial charge in [0.15, 0.2) is 11.5 Å². The molecule has 4 heteroatoms. The molecule has 1 aliphatic heterocycles. The standard InChI is InChI=1S/C15H20ClNO2/c1-2-17-9-11-6-12(11)10-7-13(16)15-14(8-10)18-4-3-5-19-15/h7-8,11-12,17H,2-6,9H2,1H3. The van der Waals surface area contributed by atoms with E-state index in [1.807, 2.05) is 6.07 Å². The molecule has 2 unspecified atom stereocenters. The molecule has 0 aromatic heterocycles. The van der Waals surface area contributed by atoms with Gasteiger partial charge >= 0.3 is 0 Å². The van der Waals surface area contributed by atoms with Gasteiger partial charge in [-0.1, -0.05) is 18.5 Å². The fourth-order valence-electron chi connectivity index (χ4n) is 2.68. The van der Waals surface area contributed by atoms with Crippen LogP contribution in [0.15, 0.2) is 12.1 Å². The van der Waals surface area contributed by atoms with E-state index in [1.165, 1.54) is 12.0 Å². The van der Waals surface area contributed by atoms with Crippen molar-refractivity contribution in [2.45, 2.75) is 25.7 Å². The monoisotopic (exact) mass is 281 g/mol. The second-order valence-electron chi connectivity index (χ2n) is 5.29. The third kappa shape index (κ3) is 2.82. The maximum Gasteiger partial charge on any atom is 0.179 e. The minimum absolute atomic E-state index is 0.619. The van der Waals surface area contributed by atoms with Crippen molar-refractivity contribution in [3.63, 3.8) is 0 Å². The second kappa shape index (κ2) is 5.59. The lowest BCUT2D eigenvalue weighted by atomic mass is 10.1. The lowest BCUT2D eigenvalue weighted by Gasteiger charge is -2.11. The van der Waals surface area contributed by atoms with E-state index in [9.17, 15) is 0 Å². The van der Waals surface area contributed by atoms with Crippen LogP contribution in [0.25, 0.3) is 0 Å². The molecule has 1 heterocycles.